The lowest BCUT2D eigenvalue weighted by atomic mass is 10.1. The van der Waals surface area contributed by atoms with Crippen LogP contribution in [-0.4, -0.2) is 4.98 Å². The number of hydrogen-bond acceptors (Lipinski definition) is 2. The largest absolute Gasteiger partial charge is 0.355 e. The molecule has 0 aliphatic rings. The molecule has 0 aliphatic carbocycles. The maximum atomic E-state index is 4.82. The second-order valence-electron chi connectivity index (χ2n) is 5.57. The van der Waals surface area contributed by atoms with Gasteiger partial charge < -0.3 is 5.32 Å². The Kier molecular flexibility index (Phi) is 5.37. The minimum atomic E-state index is 0. The molecule has 4 aromatic rings. The van der Waals surface area contributed by atoms with E-state index in [2.05, 4.69) is 57.6 Å². The third-order valence-electron chi connectivity index (χ3n) is 3.89. The lowest BCUT2D eigenvalue weighted by molar-refractivity contribution is 1.39. The number of fused-ring (bicyclic) bond motifs is 1. The minimum absolute atomic E-state index is 0. The van der Waals surface area contributed by atoms with E-state index in [1.807, 2.05) is 48.5 Å². The first-order valence-electron chi connectivity index (χ1n) is 7.77. The predicted octanol–water partition coefficient (Wildman–Crippen LogP) is 6.83. The van der Waals surface area contributed by atoms with Crippen LogP contribution in [0.2, 0.25) is 0 Å². The smallest absolute Gasteiger partial charge is 0.0730 e. The molecule has 0 radical (unpaired) electrons. The van der Waals surface area contributed by atoms with E-state index in [0.717, 1.165) is 38.0 Å². The molecule has 0 amide bonds. The Balaban J connectivity index is 0.00000182. The second kappa shape index (κ2) is 7.68. The molecule has 2 nitrogen and oxygen atoms in total. The summed E-state index contributed by atoms with van der Waals surface area (Å²) in [6.07, 6.45) is 0. The maximum Gasteiger partial charge on any atom is 0.0730 e. The minimum Gasteiger partial charge on any atom is -0.355 e. The molecule has 3 aromatic carbocycles. The van der Waals surface area contributed by atoms with Gasteiger partial charge in [-0.1, -0.05) is 70.5 Å². The average Bonchev–Trinajstić information content (AvgIpc) is 2.62. The summed E-state index contributed by atoms with van der Waals surface area (Å²) in [7, 11) is 0. The van der Waals surface area contributed by atoms with Crippen molar-refractivity contribution in [3.8, 4) is 11.3 Å². The Morgan fingerprint density at radius 1 is 0.760 bits per heavy atom. The highest BCUT2D eigenvalue weighted by Crippen LogP contribution is 2.31. The van der Waals surface area contributed by atoms with Gasteiger partial charge in [-0.15, -0.1) is 12.4 Å². The highest BCUT2D eigenvalue weighted by molar-refractivity contribution is 9.10. The van der Waals surface area contributed by atoms with Gasteiger partial charge in [-0.3, -0.25) is 0 Å². The molecule has 0 aliphatic heterocycles. The number of rotatable bonds is 3. The van der Waals surface area contributed by atoms with Crippen LogP contribution in [0, 0.1) is 0 Å². The van der Waals surface area contributed by atoms with E-state index in [0.29, 0.717) is 0 Å². The fraction of sp³-hybridized carbons (Fsp3) is 0. The van der Waals surface area contributed by atoms with E-state index < -0.39 is 0 Å². The zero-order chi connectivity index (χ0) is 16.4. The maximum absolute atomic E-state index is 4.82. The summed E-state index contributed by atoms with van der Waals surface area (Å²) in [5.41, 5.74) is 5.15. The number of nitrogens with zero attached hydrogens (tertiary/aromatic N) is 1. The molecule has 0 saturated heterocycles. The van der Waals surface area contributed by atoms with Crippen LogP contribution in [0.3, 0.4) is 0 Å². The van der Waals surface area contributed by atoms with Crippen LogP contribution >= 0.6 is 28.3 Å². The number of para-hydroxylation sites is 1. The number of halogens is 2. The van der Waals surface area contributed by atoms with Crippen LogP contribution in [-0.2, 0) is 0 Å². The first-order valence-corrected chi connectivity index (χ1v) is 8.57. The van der Waals surface area contributed by atoms with E-state index in [-0.39, 0.29) is 12.4 Å². The number of hydrogen-bond donors (Lipinski definition) is 1. The predicted molar refractivity (Wildman–Crippen MR) is 112 cm³/mol. The molecule has 1 heterocycles. The molecule has 25 heavy (non-hydrogen) atoms. The number of anilines is 2. The summed E-state index contributed by atoms with van der Waals surface area (Å²) in [6.45, 7) is 0. The van der Waals surface area contributed by atoms with Gasteiger partial charge in [0.2, 0.25) is 0 Å². The number of aromatic nitrogens is 1. The van der Waals surface area contributed by atoms with E-state index in [9.17, 15) is 0 Å². The van der Waals surface area contributed by atoms with Gasteiger partial charge in [0.25, 0.3) is 0 Å². The first kappa shape index (κ1) is 17.5. The molecule has 0 unspecified atom stereocenters. The van der Waals surface area contributed by atoms with Crippen molar-refractivity contribution in [3.05, 3.63) is 89.4 Å². The molecule has 0 atom stereocenters. The van der Waals surface area contributed by atoms with Crippen molar-refractivity contribution in [1.29, 1.82) is 0 Å². The molecule has 124 valence electrons. The van der Waals surface area contributed by atoms with Gasteiger partial charge in [0.1, 0.15) is 0 Å². The highest BCUT2D eigenvalue weighted by atomic mass is 79.9. The number of benzene rings is 3. The van der Waals surface area contributed by atoms with Crippen LogP contribution in [0.1, 0.15) is 0 Å². The third-order valence-corrected chi connectivity index (χ3v) is 4.38. The van der Waals surface area contributed by atoms with Crippen LogP contribution in [0.4, 0.5) is 11.4 Å². The lowest BCUT2D eigenvalue weighted by Gasteiger charge is -2.12. The third kappa shape index (κ3) is 3.84. The van der Waals surface area contributed by atoms with Gasteiger partial charge in [0.05, 0.1) is 16.9 Å². The molecule has 1 aromatic heterocycles. The molecule has 4 heteroatoms. The molecule has 4 rings (SSSR count). The van der Waals surface area contributed by atoms with Gasteiger partial charge in [0.15, 0.2) is 0 Å². The molecule has 0 saturated carbocycles. The zero-order valence-corrected chi connectivity index (χ0v) is 15.7. The van der Waals surface area contributed by atoms with Crippen molar-refractivity contribution >= 4 is 50.6 Å². The fourth-order valence-electron chi connectivity index (χ4n) is 2.76. The highest BCUT2D eigenvalue weighted by Gasteiger charge is 2.07. The topological polar surface area (TPSA) is 24.9 Å². The van der Waals surface area contributed by atoms with Crippen molar-refractivity contribution in [2.75, 3.05) is 5.32 Å². The Morgan fingerprint density at radius 2 is 1.52 bits per heavy atom. The number of pyridine rings is 1. The van der Waals surface area contributed by atoms with Gasteiger partial charge in [-0.05, 0) is 30.3 Å². The molecule has 1 N–H and O–H groups in total. The summed E-state index contributed by atoms with van der Waals surface area (Å²) >= 11 is 3.52. The Hall–Kier alpha value is -2.36. The van der Waals surface area contributed by atoms with Crippen molar-refractivity contribution < 1.29 is 0 Å². The van der Waals surface area contributed by atoms with Crippen molar-refractivity contribution in [2.24, 2.45) is 0 Å². The SMILES string of the molecule is Brc1cccc(Nc2cc(-c3ccccc3)nc3ccccc23)c1.Cl. The average molecular weight is 412 g/mol. The normalized spacial score (nSPS) is 10.3. The van der Waals surface area contributed by atoms with E-state index in [4.69, 9.17) is 4.98 Å². The standard InChI is InChI=1S/C21H15BrN2.ClH/c22-16-9-6-10-17(13-16)23-21-14-20(15-7-2-1-3-8-15)24-19-12-5-4-11-18(19)21;/h1-14H,(H,23,24);1H. The summed E-state index contributed by atoms with van der Waals surface area (Å²) in [5, 5.41) is 4.64. The monoisotopic (exact) mass is 410 g/mol. The van der Waals surface area contributed by atoms with Crippen LogP contribution in [0.5, 0.6) is 0 Å². The summed E-state index contributed by atoms with van der Waals surface area (Å²) < 4.78 is 1.05. The number of nitrogens with one attached hydrogen (secondary N) is 1. The van der Waals surface area contributed by atoms with Crippen molar-refractivity contribution in [2.45, 2.75) is 0 Å². The van der Waals surface area contributed by atoms with E-state index >= 15 is 0 Å². The molecule has 0 fully saturated rings. The first-order chi connectivity index (χ1) is 11.8. The summed E-state index contributed by atoms with van der Waals surface area (Å²) in [4.78, 5) is 4.82. The van der Waals surface area contributed by atoms with Crippen LogP contribution in [0.15, 0.2) is 89.4 Å². The molecule has 0 spiro atoms. The Labute approximate surface area is 161 Å². The van der Waals surface area contributed by atoms with Crippen LogP contribution in [0.25, 0.3) is 22.2 Å². The summed E-state index contributed by atoms with van der Waals surface area (Å²) in [5.74, 6) is 0. The molecule has 0 bridgehead atoms. The summed E-state index contributed by atoms with van der Waals surface area (Å²) in [6, 6.07) is 28.7. The molecular weight excluding hydrogens is 396 g/mol. The second-order valence-corrected chi connectivity index (χ2v) is 6.49. The van der Waals surface area contributed by atoms with Crippen LogP contribution < -0.4 is 5.32 Å². The molecular formula is C21H16BrClN2. The van der Waals surface area contributed by atoms with Crippen molar-refractivity contribution in [3.63, 3.8) is 0 Å². The van der Waals surface area contributed by atoms with Crippen molar-refractivity contribution in [1.82, 2.24) is 4.98 Å². The van der Waals surface area contributed by atoms with Gasteiger partial charge in [0, 0.05) is 21.1 Å². The Bertz CT molecular complexity index is 1000. The Morgan fingerprint density at radius 3 is 2.32 bits per heavy atom. The van der Waals surface area contributed by atoms with Gasteiger partial charge in [-0.2, -0.15) is 0 Å². The zero-order valence-electron chi connectivity index (χ0n) is 13.3. The quantitative estimate of drug-likeness (QED) is 0.399. The fourth-order valence-corrected chi connectivity index (χ4v) is 3.16. The lowest BCUT2D eigenvalue weighted by Crippen LogP contribution is -1.95. The van der Waals surface area contributed by atoms with E-state index in [1.165, 1.54) is 0 Å². The van der Waals surface area contributed by atoms with E-state index in [1.54, 1.807) is 0 Å². The van der Waals surface area contributed by atoms with Gasteiger partial charge in [-0.25, -0.2) is 4.98 Å². The van der Waals surface area contributed by atoms with Gasteiger partial charge >= 0.3 is 0 Å².